The van der Waals surface area contributed by atoms with Crippen molar-refractivity contribution in [2.45, 2.75) is 38.5 Å². The van der Waals surface area contributed by atoms with E-state index >= 15 is 0 Å². The van der Waals surface area contributed by atoms with Crippen LogP contribution in [0.4, 0.5) is 13.2 Å². The number of nitrogens with zero attached hydrogens (tertiary/aromatic N) is 4. The molecule has 210 valence electrons. The predicted octanol–water partition coefficient (Wildman–Crippen LogP) is 4.84. The summed E-state index contributed by atoms with van der Waals surface area (Å²) < 4.78 is 51.9. The van der Waals surface area contributed by atoms with Crippen LogP contribution in [-0.4, -0.2) is 57.8 Å². The Kier molecular flexibility index (Phi) is 7.24. The van der Waals surface area contributed by atoms with Crippen LogP contribution >= 0.6 is 0 Å². The summed E-state index contributed by atoms with van der Waals surface area (Å²) in [5.74, 6) is 5.09. The van der Waals surface area contributed by atoms with Gasteiger partial charge in [0.2, 0.25) is 5.88 Å². The second-order valence-corrected chi connectivity index (χ2v) is 9.86. The molecule has 4 heterocycles. The summed E-state index contributed by atoms with van der Waals surface area (Å²) in [4.78, 5) is 18.5. The van der Waals surface area contributed by atoms with Crippen molar-refractivity contribution >= 4 is 11.6 Å². The van der Waals surface area contributed by atoms with Gasteiger partial charge in [-0.3, -0.25) is 4.79 Å². The first-order valence-electron chi connectivity index (χ1n) is 13.2. The van der Waals surface area contributed by atoms with Gasteiger partial charge in [-0.05, 0) is 50.0 Å². The molecule has 1 saturated heterocycles. The number of benzene rings is 2. The maximum absolute atomic E-state index is 14.2. The zero-order chi connectivity index (χ0) is 28.5. The van der Waals surface area contributed by atoms with Gasteiger partial charge in [-0.2, -0.15) is 8.78 Å². The Morgan fingerprint density at radius 2 is 1.95 bits per heavy atom. The van der Waals surface area contributed by atoms with Crippen LogP contribution < -0.4 is 14.8 Å². The largest absolute Gasteiger partial charge is 0.491 e. The minimum atomic E-state index is -3.04. The van der Waals surface area contributed by atoms with Gasteiger partial charge in [0, 0.05) is 41.9 Å². The predicted molar refractivity (Wildman–Crippen MR) is 145 cm³/mol. The fourth-order valence-electron chi connectivity index (χ4n) is 5.38. The molecule has 41 heavy (non-hydrogen) atoms. The first-order chi connectivity index (χ1) is 19.9. The van der Waals surface area contributed by atoms with Crippen LogP contribution in [0.3, 0.4) is 0 Å². The van der Waals surface area contributed by atoms with Crippen molar-refractivity contribution in [1.29, 1.82) is 0 Å². The van der Waals surface area contributed by atoms with Crippen LogP contribution in [0.5, 0.6) is 11.6 Å². The smallest absolute Gasteiger partial charge is 0.388 e. The van der Waals surface area contributed by atoms with E-state index < -0.39 is 12.4 Å². The molecule has 2 aromatic carbocycles. The molecule has 2 aliphatic rings. The minimum Gasteiger partial charge on any atom is -0.491 e. The molecule has 1 atom stereocenters. The third-order valence-electron chi connectivity index (χ3n) is 7.28. The molecule has 6 rings (SSSR count). The van der Waals surface area contributed by atoms with E-state index in [0.29, 0.717) is 53.6 Å². The highest BCUT2D eigenvalue weighted by molar-refractivity contribution is 5.93. The van der Waals surface area contributed by atoms with Gasteiger partial charge in [-0.1, -0.05) is 30.2 Å². The van der Waals surface area contributed by atoms with Gasteiger partial charge < -0.3 is 19.7 Å². The molecule has 0 aliphatic carbocycles. The van der Waals surface area contributed by atoms with E-state index in [-0.39, 0.29) is 23.9 Å². The van der Waals surface area contributed by atoms with Gasteiger partial charge in [-0.15, -0.1) is 5.10 Å². The number of ether oxygens (including phenoxy) is 2. The Balaban J connectivity index is 1.28. The number of imidazole rings is 1. The average Bonchev–Trinajstić information content (AvgIpc) is 3.54. The van der Waals surface area contributed by atoms with Crippen molar-refractivity contribution in [2.24, 2.45) is 0 Å². The fraction of sp³-hybridized carbons (Fsp3) is 0.300. The van der Waals surface area contributed by atoms with Gasteiger partial charge in [0.25, 0.3) is 5.91 Å². The summed E-state index contributed by atoms with van der Waals surface area (Å²) in [7, 11) is 0. The summed E-state index contributed by atoms with van der Waals surface area (Å²) in [6, 6.07) is 14.8. The molecule has 1 fully saturated rings. The van der Waals surface area contributed by atoms with Crippen molar-refractivity contribution in [3.8, 4) is 46.0 Å². The minimum absolute atomic E-state index is 0.0128. The molecule has 0 radical (unpaired) electrons. The van der Waals surface area contributed by atoms with Crippen LogP contribution in [0.15, 0.2) is 54.6 Å². The summed E-state index contributed by atoms with van der Waals surface area (Å²) >= 11 is 0. The molecule has 8 nitrogen and oxygen atoms in total. The molecule has 2 aliphatic heterocycles. The van der Waals surface area contributed by atoms with Gasteiger partial charge in [-0.25, -0.2) is 13.9 Å². The Morgan fingerprint density at radius 1 is 1.12 bits per heavy atom. The molecule has 4 aromatic rings. The van der Waals surface area contributed by atoms with Crippen LogP contribution in [0, 0.1) is 17.7 Å². The number of carbonyl (C=O) groups excluding carboxylic acids is 1. The number of rotatable bonds is 6. The Bertz CT molecular complexity index is 1670. The van der Waals surface area contributed by atoms with Gasteiger partial charge in [0.05, 0.1) is 11.7 Å². The Labute approximate surface area is 234 Å². The maximum atomic E-state index is 14.2. The van der Waals surface area contributed by atoms with E-state index in [1.54, 1.807) is 24.0 Å². The van der Waals surface area contributed by atoms with E-state index in [0.717, 1.165) is 18.4 Å². The van der Waals surface area contributed by atoms with Crippen LogP contribution in [0.1, 0.15) is 31.4 Å². The summed E-state index contributed by atoms with van der Waals surface area (Å²) in [6.45, 7) is 0.377. The number of likely N-dealkylation sites (tertiary alicyclic amines) is 1. The third-order valence-corrected chi connectivity index (χ3v) is 7.28. The summed E-state index contributed by atoms with van der Waals surface area (Å²) in [5.41, 5.74) is 3.50. The third kappa shape index (κ3) is 5.43. The van der Waals surface area contributed by atoms with Crippen molar-refractivity contribution in [1.82, 2.24) is 24.8 Å². The second-order valence-electron chi connectivity index (χ2n) is 9.86. The SMILES string of the molecule is CC#CC(=O)N1CCC(N[C@H]2COc3cc(-c4nc5ccc(OC(F)F)nn5c4-c4cccc(F)c4)ccc32)CC1. The number of piperidine rings is 1. The van der Waals surface area contributed by atoms with E-state index in [9.17, 15) is 18.0 Å². The number of fused-ring (bicyclic) bond motifs is 2. The lowest BCUT2D eigenvalue weighted by Gasteiger charge is -2.32. The lowest BCUT2D eigenvalue weighted by atomic mass is 9.99. The first kappa shape index (κ1) is 26.7. The van der Waals surface area contributed by atoms with Crippen LogP contribution in [0.2, 0.25) is 0 Å². The average molecular weight is 562 g/mol. The molecule has 0 saturated carbocycles. The van der Waals surface area contributed by atoms with E-state index in [1.807, 2.05) is 18.2 Å². The second kappa shape index (κ2) is 11.1. The summed E-state index contributed by atoms with van der Waals surface area (Å²) in [5, 5.41) is 7.87. The first-order valence-corrected chi connectivity index (χ1v) is 13.2. The number of nitrogens with one attached hydrogen (secondary N) is 1. The van der Waals surface area contributed by atoms with Crippen molar-refractivity contribution < 1.29 is 27.4 Å². The number of aromatic nitrogens is 3. The van der Waals surface area contributed by atoms with Gasteiger partial charge in [0.15, 0.2) is 5.65 Å². The van der Waals surface area contributed by atoms with Crippen molar-refractivity contribution in [3.63, 3.8) is 0 Å². The zero-order valence-electron chi connectivity index (χ0n) is 22.1. The van der Waals surface area contributed by atoms with E-state index in [1.165, 1.54) is 28.8 Å². The van der Waals surface area contributed by atoms with Crippen molar-refractivity contribution in [3.05, 3.63) is 66.0 Å². The molecular formula is C30H26F3N5O3. The molecule has 0 bridgehead atoms. The maximum Gasteiger partial charge on any atom is 0.388 e. The van der Waals surface area contributed by atoms with E-state index in [4.69, 9.17) is 9.72 Å². The fourth-order valence-corrected chi connectivity index (χ4v) is 5.38. The lowest BCUT2D eigenvalue weighted by molar-refractivity contribution is -0.126. The number of carbonyl (C=O) groups is 1. The van der Waals surface area contributed by atoms with Crippen molar-refractivity contribution in [2.75, 3.05) is 19.7 Å². The molecule has 1 amide bonds. The Morgan fingerprint density at radius 3 is 2.71 bits per heavy atom. The number of hydrogen-bond acceptors (Lipinski definition) is 6. The highest BCUT2D eigenvalue weighted by Crippen LogP contribution is 2.39. The highest BCUT2D eigenvalue weighted by atomic mass is 19.3. The topological polar surface area (TPSA) is 81.0 Å². The lowest BCUT2D eigenvalue weighted by Crippen LogP contribution is -2.45. The number of hydrogen-bond donors (Lipinski definition) is 1. The molecule has 1 N–H and O–H groups in total. The Hall–Kier alpha value is -4.56. The zero-order valence-corrected chi connectivity index (χ0v) is 22.1. The number of amides is 1. The van der Waals surface area contributed by atoms with Gasteiger partial charge >= 0.3 is 6.61 Å². The quantitative estimate of drug-likeness (QED) is 0.340. The highest BCUT2D eigenvalue weighted by Gasteiger charge is 2.30. The molecule has 0 spiro atoms. The standard InChI is InChI=1S/C30H26F3N5O3/c1-2-4-27(39)37-13-11-21(12-14-37)34-23-17-40-24-16-18(7-8-22(23)24)28-29(19-5-3-6-20(31)15-19)38-25(35-28)9-10-26(36-38)41-30(32)33/h3,5-10,15-16,21,23,30,34H,11-14,17H2,1H3/t23-/m0/s1. The van der Waals surface area contributed by atoms with Crippen LogP contribution in [0.25, 0.3) is 28.2 Å². The van der Waals surface area contributed by atoms with Crippen LogP contribution in [-0.2, 0) is 4.79 Å². The molecule has 11 heteroatoms. The number of alkyl halides is 2. The van der Waals surface area contributed by atoms with Gasteiger partial charge in [0.1, 0.15) is 23.9 Å². The molecule has 0 unspecified atom stereocenters. The number of halogens is 3. The van der Waals surface area contributed by atoms with E-state index in [2.05, 4.69) is 27.0 Å². The normalized spacial score (nSPS) is 16.8. The monoisotopic (exact) mass is 561 g/mol. The summed E-state index contributed by atoms with van der Waals surface area (Å²) in [6.07, 6.45) is 1.65. The molecule has 2 aromatic heterocycles. The molecular weight excluding hydrogens is 535 g/mol.